The standard InChI is InChI=1S/C23H18O8/c1-2-27-17-5-3-4-6-18(17)31-21-13-29-20-11-14(7-9-16(20)22(21)24)28-12-15-8-10-19(30-15)23(25)26/h3-11,13H,2,12H2,1H3,(H,25,26). The Bertz CT molecular complexity index is 1280. The molecule has 0 amide bonds. The zero-order chi connectivity index (χ0) is 21.8. The number of carboxylic acids is 1. The fourth-order valence-electron chi connectivity index (χ4n) is 2.90. The van der Waals surface area contributed by atoms with E-state index in [1.807, 2.05) is 13.0 Å². The molecule has 2 heterocycles. The Morgan fingerprint density at radius 1 is 1.00 bits per heavy atom. The van der Waals surface area contributed by atoms with E-state index in [9.17, 15) is 9.59 Å². The fourth-order valence-corrected chi connectivity index (χ4v) is 2.90. The Morgan fingerprint density at radius 3 is 2.55 bits per heavy atom. The first-order chi connectivity index (χ1) is 15.0. The van der Waals surface area contributed by atoms with Crippen molar-refractivity contribution in [2.75, 3.05) is 6.61 Å². The van der Waals surface area contributed by atoms with Gasteiger partial charge in [0.2, 0.25) is 16.9 Å². The molecule has 31 heavy (non-hydrogen) atoms. The van der Waals surface area contributed by atoms with Crippen molar-refractivity contribution in [3.8, 4) is 23.0 Å². The molecule has 8 nitrogen and oxygen atoms in total. The largest absolute Gasteiger partial charge is 0.490 e. The summed E-state index contributed by atoms with van der Waals surface area (Å²) in [7, 11) is 0. The van der Waals surface area contributed by atoms with Crippen LogP contribution in [-0.4, -0.2) is 17.7 Å². The van der Waals surface area contributed by atoms with Crippen LogP contribution in [0.4, 0.5) is 0 Å². The summed E-state index contributed by atoms with van der Waals surface area (Å²) in [6.45, 7) is 2.35. The molecular weight excluding hydrogens is 404 g/mol. The van der Waals surface area contributed by atoms with Crippen molar-refractivity contribution >= 4 is 16.9 Å². The SMILES string of the molecule is CCOc1ccccc1Oc1coc2cc(OCc3ccc(C(=O)O)o3)ccc2c1=O. The summed E-state index contributed by atoms with van der Waals surface area (Å²) < 4.78 is 27.6. The first-order valence-electron chi connectivity index (χ1n) is 9.45. The van der Waals surface area contributed by atoms with Gasteiger partial charge >= 0.3 is 5.97 Å². The summed E-state index contributed by atoms with van der Waals surface area (Å²) in [5, 5.41) is 9.22. The van der Waals surface area contributed by atoms with E-state index in [1.165, 1.54) is 18.4 Å². The third kappa shape index (κ3) is 4.37. The van der Waals surface area contributed by atoms with Gasteiger partial charge in [-0.2, -0.15) is 0 Å². The van der Waals surface area contributed by atoms with Crippen LogP contribution in [-0.2, 0) is 6.61 Å². The van der Waals surface area contributed by atoms with Crippen molar-refractivity contribution in [1.29, 1.82) is 0 Å². The average Bonchev–Trinajstić information content (AvgIpc) is 3.25. The first kappa shape index (κ1) is 20.1. The van der Waals surface area contributed by atoms with E-state index >= 15 is 0 Å². The van der Waals surface area contributed by atoms with Crippen molar-refractivity contribution in [2.45, 2.75) is 13.5 Å². The zero-order valence-electron chi connectivity index (χ0n) is 16.5. The maximum Gasteiger partial charge on any atom is 0.371 e. The lowest BCUT2D eigenvalue weighted by atomic mass is 10.2. The summed E-state index contributed by atoms with van der Waals surface area (Å²) >= 11 is 0. The second-order valence-electron chi connectivity index (χ2n) is 6.43. The second-order valence-corrected chi connectivity index (χ2v) is 6.43. The monoisotopic (exact) mass is 422 g/mol. The number of ether oxygens (including phenoxy) is 3. The number of carbonyl (C=O) groups is 1. The van der Waals surface area contributed by atoms with E-state index in [4.69, 9.17) is 28.2 Å². The molecule has 8 heteroatoms. The highest BCUT2D eigenvalue weighted by Gasteiger charge is 2.13. The van der Waals surface area contributed by atoms with Gasteiger partial charge in [0.05, 0.1) is 12.0 Å². The van der Waals surface area contributed by atoms with Gasteiger partial charge < -0.3 is 28.2 Å². The van der Waals surface area contributed by atoms with Gasteiger partial charge in [-0.1, -0.05) is 12.1 Å². The highest BCUT2D eigenvalue weighted by Crippen LogP contribution is 2.31. The molecule has 0 saturated heterocycles. The van der Waals surface area contributed by atoms with Crippen molar-refractivity contribution in [3.63, 3.8) is 0 Å². The number of hydrogen-bond donors (Lipinski definition) is 1. The minimum atomic E-state index is -1.15. The Labute approximate surface area is 176 Å². The third-order valence-electron chi connectivity index (χ3n) is 4.34. The van der Waals surface area contributed by atoms with Gasteiger partial charge in [0.1, 0.15) is 30.0 Å². The molecule has 0 saturated carbocycles. The number of aromatic carboxylic acids is 1. The Kier molecular flexibility index (Phi) is 5.61. The number of benzene rings is 2. The molecular formula is C23H18O8. The molecule has 0 aliphatic heterocycles. The Hall–Kier alpha value is -4.20. The molecule has 158 valence electrons. The maximum atomic E-state index is 12.8. The maximum absolute atomic E-state index is 12.8. The molecule has 2 aromatic carbocycles. The molecule has 0 bridgehead atoms. The van der Waals surface area contributed by atoms with Crippen molar-refractivity contribution in [2.24, 2.45) is 0 Å². The Balaban J connectivity index is 1.54. The summed E-state index contributed by atoms with van der Waals surface area (Å²) in [5.41, 5.74) is -0.0187. The average molecular weight is 422 g/mol. The second kappa shape index (κ2) is 8.66. The molecule has 0 fully saturated rings. The van der Waals surface area contributed by atoms with E-state index in [1.54, 1.807) is 36.4 Å². The predicted octanol–water partition coefficient (Wildman–Crippen LogP) is 4.85. The number of rotatable bonds is 8. The summed E-state index contributed by atoms with van der Waals surface area (Å²) in [6, 6.07) is 14.7. The van der Waals surface area contributed by atoms with Crippen molar-refractivity contribution in [3.05, 3.63) is 82.6 Å². The number of hydrogen-bond acceptors (Lipinski definition) is 7. The van der Waals surface area contributed by atoms with E-state index in [0.29, 0.717) is 40.6 Å². The van der Waals surface area contributed by atoms with Crippen LogP contribution in [0.5, 0.6) is 23.0 Å². The normalized spacial score (nSPS) is 10.7. The smallest absolute Gasteiger partial charge is 0.371 e. The Morgan fingerprint density at radius 2 is 1.81 bits per heavy atom. The highest BCUT2D eigenvalue weighted by molar-refractivity contribution is 5.84. The topological polar surface area (TPSA) is 108 Å². The van der Waals surface area contributed by atoms with Crippen LogP contribution < -0.4 is 19.6 Å². The number of furan rings is 1. The minimum absolute atomic E-state index is 0.0262. The number of para-hydroxylation sites is 2. The minimum Gasteiger partial charge on any atom is -0.490 e. The van der Waals surface area contributed by atoms with Crippen molar-refractivity contribution in [1.82, 2.24) is 0 Å². The van der Waals surface area contributed by atoms with Crippen LogP contribution in [0.2, 0.25) is 0 Å². The van der Waals surface area contributed by atoms with Crippen LogP contribution in [0.3, 0.4) is 0 Å². The predicted molar refractivity (Wildman–Crippen MR) is 110 cm³/mol. The molecule has 4 aromatic rings. The zero-order valence-corrected chi connectivity index (χ0v) is 16.5. The molecule has 4 rings (SSSR count). The highest BCUT2D eigenvalue weighted by atomic mass is 16.5. The van der Waals surface area contributed by atoms with Crippen LogP contribution in [0.25, 0.3) is 11.0 Å². The first-order valence-corrected chi connectivity index (χ1v) is 9.45. The van der Waals surface area contributed by atoms with E-state index < -0.39 is 5.97 Å². The van der Waals surface area contributed by atoms with Crippen LogP contribution in [0, 0.1) is 0 Å². The van der Waals surface area contributed by atoms with Gasteiger partial charge in [-0.05, 0) is 43.3 Å². The lowest BCUT2D eigenvalue weighted by Crippen LogP contribution is -2.06. The van der Waals surface area contributed by atoms with Crippen molar-refractivity contribution < 1.29 is 32.9 Å². The third-order valence-corrected chi connectivity index (χ3v) is 4.34. The van der Waals surface area contributed by atoms with E-state index in [-0.39, 0.29) is 23.5 Å². The van der Waals surface area contributed by atoms with Crippen LogP contribution in [0.15, 0.2) is 74.5 Å². The van der Waals surface area contributed by atoms with Crippen LogP contribution in [0.1, 0.15) is 23.2 Å². The molecule has 2 aromatic heterocycles. The quantitative estimate of drug-likeness (QED) is 0.429. The molecule has 1 N–H and O–H groups in total. The summed E-state index contributed by atoms with van der Waals surface area (Å²) in [4.78, 5) is 23.7. The van der Waals surface area contributed by atoms with Crippen LogP contribution >= 0.6 is 0 Å². The number of carboxylic acid groups (broad SMARTS) is 1. The summed E-state index contributed by atoms with van der Waals surface area (Å²) in [6.07, 6.45) is 1.24. The van der Waals surface area contributed by atoms with Gasteiger partial charge in [-0.25, -0.2) is 4.79 Å². The van der Waals surface area contributed by atoms with Gasteiger partial charge in [-0.15, -0.1) is 0 Å². The lowest BCUT2D eigenvalue weighted by molar-refractivity contribution is 0.0658. The summed E-state index contributed by atoms with van der Waals surface area (Å²) in [5.74, 6) is 0.439. The number of fused-ring (bicyclic) bond motifs is 1. The van der Waals surface area contributed by atoms with Gasteiger partial charge in [0, 0.05) is 6.07 Å². The molecule has 0 spiro atoms. The van der Waals surface area contributed by atoms with Gasteiger partial charge in [-0.3, -0.25) is 4.79 Å². The molecule has 0 aliphatic rings. The molecule has 0 radical (unpaired) electrons. The molecule has 0 aliphatic carbocycles. The molecule has 0 unspecified atom stereocenters. The van der Waals surface area contributed by atoms with E-state index in [2.05, 4.69) is 0 Å². The fraction of sp³-hybridized carbons (Fsp3) is 0.130. The van der Waals surface area contributed by atoms with E-state index in [0.717, 1.165) is 0 Å². The molecule has 0 atom stereocenters. The van der Waals surface area contributed by atoms with Gasteiger partial charge in [0.15, 0.2) is 11.5 Å². The lowest BCUT2D eigenvalue weighted by Gasteiger charge is -2.11. The van der Waals surface area contributed by atoms with Gasteiger partial charge in [0.25, 0.3) is 0 Å².